The lowest BCUT2D eigenvalue weighted by Gasteiger charge is -2.49. The van der Waals surface area contributed by atoms with Gasteiger partial charge in [-0.3, -0.25) is 24.3 Å². The van der Waals surface area contributed by atoms with Crippen LogP contribution in [-0.4, -0.2) is 77.6 Å². The number of benzene rings is 2. The Kier molecular flexibility index (Phi) is 11.9. The fourth-order valence-electron chi connectivity index (χ4n) is 5.27. The Labute approximate surface area is 310 Å². The van der Waals surface area contributed by atoms with Crippen LogP contribution in [0.5, 0.6) is 0 Å². The fourth-order valence-corrected chi connectivity index (χ4v) is 7.69. The molecule has 2 atom stereocenters. The van der Waals surface area contributed by atoms with E-state index in [0.29, 0.717) is 11.3 Å². The average molecular weight is 758 g/mol. The third kappa shape index (κ3) is 8.67. The summed E-state index contributed by atoms with van der Waals surface area (Å²) >= 11 is 3.52. The predicted octanol–water partition coefficient (Wildman–Crippen LogP) is 4.39. The van der Waals surface area contributed by atoms with Crippen molar-refractivity contribution in [1.82, 2.24) is 24.6 Å². The van der Waals surface area contributed by atoms with Crippen LogP contribution in [0, 0.1) is 0 Å². The van der Waals surface area contributed by atoms with Crippen LogP contribution in [0.3, 0.4) is 0 Å². The summed E-state index contributed by atoms with van der Waals surface area (Å²) in [5, 5.41) is 17.7. The molecule has 2 aliphatic heterocycles. The Morgan fingerprint density at radius 2 is 1.83 bits per heavy atom. The molecule has 52 heavy (non-hydrogen) atoms. The van der Waals surface area contributed by atoms with E-state index in [4.69, 9.17) is 15.3 Å². The molecule has 4 aromatic rings. The predicted molar refractivity (Wildman–Crippen MR) is 196 cm³/mol. The number of aromatic nitrogens is 3. The number of allylic oxidation sites excluding steroid dienone is 1. The second-order valence-electron chi connectivity index (χ2n) is 11.2. The summed E-state index contributed by atoms with van der Waals surface area (Å²) in [6, 6.07) is 21.4. The van der Waals surface area contributed by atoms with Crippen LogP contribution in [0.1, 0.15) is 35.9 Å². The van der Waals surface area contributed by atoms with Gasteiger partial charge in [-0.15, -0.1) is 11.8 Å². The topological polar surface area (TPSA) is 199 Å². The van der Waals surface area contributed by atoms with Gasteiger partial charge in [-0.05, 0) is 46.7 Å². The molecule has 4 N–H and O–H groups in total. The Bertz CT molecular complexity index is 1970. The largest absolute Gasteiger partial charge is 0.477 e. The normalized spacial score (nSPS) is 17.1. The van der Waals surface area contributed by atoms with Crippen LogP contribution in [0.2, 0.25) is 0 Å². The van der Waals surface area contributed by atoms with E-state index < -0.39 is 41.3 Å². The molecular formula is C35H31N7O7S3. The Morgan fingerprint density at radius 1 is 1.10 bits per heavy atom. The number of fused-ring (bicyclic) bond motifs is 1. The van der Waals surface area contributed by atoms with Crippen molar-refractivity contribution in [1.29, 1.82) is 0 Å². The number of oxime groups is 1. The zero-order chi connectivity index (χ0) is 36.5. The standard InChI is InChI=1S/C35H31N7O7S3/c36-35-39-30(41-52-35)26(40-48-17-8-14-25(43)49-29(21-9-3-1-4-10-21)22-11-5-2-6-12-22)31(44)38-27-32(45)42-28(34(46)47)23(20-51-33(27)42)15-18-50-24-13-7-16-37-19-24/h1-7,9-13,15-16,18-19,27,29,33H,8,14,17,20H2,(H,38,44)(H,46,47)(H2,36,39,41)/b18-15+,40-26+/t27?,33-/m1/s1. The van der Waals surface area contributed by atoms with Crippen molar-refractivity contribution >= 4 is 69.7 Å². The van der Waals surface area contributed by atoms with Gasteiger partial charge in [0.2, 0.25) is 11.5 Å². The third-order valence-corrected chi connectivity index (χ3v) is 10.3. The van der Waals surface area contributed by atoms with Crippen LogP contribution >= 0.6 is 35.1 Å². The maximum atomic E-state index is 13.5. The molecule has 0 saturated carbocycles. The van der Waals surface area contributed by atoms with Gasteiger partial charge in [0.15, 0.2) is 11.2 Å². The number of anilines is 1. The van der Waals surface area contributed by atoms with Gasteiger partial charge in [-0.2, -0.15) is 9.36 Å². The minimum Gasteiger partial charge on any atom is -0.477 e. The minimum atomic E-state index is -1.26. The van der Waals surface area contributed by atoms with Crippen LogP contribution in [0.4, 0.5) is 5.13 Å². The molecule has 2 aromatic carbocycles. The lowest BCUT2D eigenvalue weighted by Crippen LogP contribution is -2.71. The summed E-state index contributed by atoms with van der Waals surface area (Å²) in [6.45, 7) is -0.0520. The lowest BCUT2D eigenvalue weighted by molar-refractivity contribution is -0.150. The van der Waals surface area contributed by atoms with Crippen molar-refractivity contribution < 1.29 is 33.9 Å². The number of pyridine rings is 1. The fraction of sp³-hybridized carbons (Fsp3) is 0.200. The number of thioether (sulfide) groups is 2. The van der Waals surface area contributed by atoms with E-state index >= 15 is 0 Å². The maximum absolute atomic E-state index is 13.5. The van der Waals surface area contributed by atoms with Crippen LogP contribution < -0.4 is 11.1 Å². The first-order chi connectivity index (χ1) is 25.3. The highest BCUT2D eigenvalue weighted by Gasteiger charge is 2.54. The number of carbonyl (C=O) groups is 4. The lowest BCUT2D eigenvalue weighted by atomic mass is 10.0. The molecule has 4 heterocycles. The molecule has 266 valence electrons. The Hall–Kier alpha value is -5.52. The summed E-state index contributed by atoms with van der Waals surface area (Å²) in [4.78, 5) is 67.4. The number of esters is 1. The Morgan fingerprint density at radius 3 is 2.46 bits per heavy atom. The number of aliphatic carboxylic acids is 1. The zero-order valence-electron chi connectivity index (χ0n) is 27.2. The number of carboxylic acids is 1. The molecule has 0 bridgehead atoms. The Balaban J connectivity index is 1.06. The van der Waals surface area contributed by atoms with Crippen LogP contribution in [-0.2, 0) is 28.8 Å². The smallest absolute Gasteiger partial charge is 0.352 e. The van der Waals surface area contributed by atoms with E-state index in [1.54, 1.807) is 29.9 Å². The molecule has 14 nitrogen and oxygen atoms in total. The summed E-state index contributed by atoms with van der Waals surface area (Å²) in [5.41, 5.74) is 7.39. The number of ether oxygens (including phenoxy) is 1. The summed E-state index contributed by atoms with van der Waals surface area (Å²) in [6.07, 6.45) is 4.65. The second kappa shape index (κ2) is 17.1. The van der Waals surface area contributed by atoms with E-state index in [9.17, 15) is 24.3 Å². The number of nitrogen functional groups attached to an aromatic ring is 1. The molecule has 1 unspecified atom stereocenters. The number of amides is 2. The number of β-lactam (4-membered cyclic amide) rings is 1. The van der Waals surface area contributed by atoms with Crippen LogP contribution in [0.25, 0.3) is 0 Å². The quantitative estimate of drug-likeness (QED) is 0.0386. The van der Waals surface area contributed by atoms with E-state index in [2.05, 4.69) is 24.8 Å². The maximum Gasteiger partial charge on any atom is 0.352 e. The van der Waals surface area contributed by atoms with Gasteiger partial charge >= 0.3 is 11.9 Å². The summed E-state index contributed by atoms with van der Waals surface area (Å²) in [7, 11) is 0. The third-order valence-electron chi connectivity index (χ3n) is 7.69. The molecule has 6 rings (SSSR count). The molecular weight excluding hydrogens is 727 g/mol. The number of nitrogens with two attached hydrogens (primary N) is 1. The number of rotatable bonds is 15. The average Bonchev–Trinajstić information content (AvgIpc) is 3.60. The van der Waals surface area contributed by atoms with Gasteiger partial charge in [-0.25, -0.2) is 4.79 Å². The SMILES string of the molecule is Nc1nc(/C(=N\OCCCC(=O)OC(c2ccccc2)c2ccccc2)C(=O)NC2C(=O)N3C(C(=O)O)=C(/C=C/Sc4cccnc4)CS[C@H]23)ns1. The van der Waals surface area contributed by atoms with E-state index in [1.165, 1.54) is 28.4 Å². The molecule has 0 aliphatic carbocycles. The van der Waals surface area contributed by atoms with Gasteiger partial charge in [-0.1, -0.05) is 77.6 Å². The van der Waals surface area contributed by atoms with Crippen molar-refractivity contribution in [2.75, 3.05) is 18.1 Å². The molecule has 2 amide bonds. The minimum absolute atomic E-state index is 0.0131. The second-order valence-corrected chi connectivity index (χ2v) is 14.0. The highest BCUT2D eigenvalue weighted by molar-refractivity contribution is 8.02. The van der Waals surface area contributed by atoms with Gasteiger partial charge in [0.05, 0.1) is 0 Å². The summed E-state index contributed by atoms with van der Waals surface area (Å²) in [5.74, 6) is -2.94. The molecule has 1 saturated heterocycles. The van der Waals surface area contributed by atoms with Crippen LogP contribution in [0.15, 0.2) is 118 Å². The van der Waals surface area contributed by atoms with E-state index in [0.717, 1.165) is 27.6 Å². The molecule has 0 spiro atoms. The first kappa shape index (κ1) is 36.3. The van der Waals surface area contributed by atoms with Gasteiger partial charge in [0.1, 0.15) is 23.7 Å². The van der Waals surface area contributed by atoms with Crippen molar-refractivity contribution in [2.24, 2.45) is 5.16 Å². The van der Waals surface area contributed by atoms with Crippen molar-refractivity contribution in [3.63, 3.8) is 0 Å². The number of carboxylic acid groups (broad SMARTS) is 1. The van der Waals surface area contributed by atoms with Gasteiger partial charge in [0, 0.05) is 41.0 Å². The molecule has 2 aromatic heterocycles. The number of carbonyl (C=O) groups excluding carboxylic acids is 3. The monoisotopic (exact) mass is 757 g/mol. The number of hydrogen-bond donors (Lipinski definition) is 3. The van der Waals surface area contributed by atoms with Crippen molar-refractivity contribution in [2.45, 2.75) is 35.3 Å². The molecule has 2 aliphatic rings. The number of nitrogens with zero attached hydrogens (tertiary/aromatic N) is 5. The highest BCUT2D eigenvalue weighted by Crippen LogP contribution is 2.41. The van der Waals surface area contributed by atoms with E-state index in [1.807, 2.05) is 66.7 Å². The number of hydrogen-bond acceptors (Lipinski definition) is 14. The van der Waals surface area contributed by atoms with Gasteiger partial charge in [0.25, 0.3) is 11.8 Å². The first-order valence-corrected chi connectivity index (χ1v) is 18.5. The van der Waals surface area contributed by atoms with Gasteiger partial charge < -0.3 is 25.7 Å². The van der Waals surface area contributed by atoms with E-state index in [-0.39, 0.29) is 41.8 Å². The molecule has 0 radical (unpaired) electrons. The molecule has 17 heteroatoms. The first-order valence-electron chi connectivity index (χ1n) is 15.8. The van der Waals surface area contributed by atoms with Crippen molar-refractivity contribution in [3.05, 3.63) is 125 Å². The zero-order valence-corrected chi connectivity index (χ0v) is 29.7. The highest BCUT2D eigenvalue weighted by atomic mass is 32.2. The van der Waals surface area contributed by atoms with Crippen molar-refractivity contribution in [3.8, 4) is 0 Å². The summed E-state index contributed by atoms with van der Waals surface area (Å²) < 4.78 is 9.89. The molecule has 1 fully saturated rings. The number of nitrogens with one attached hydrogen (secondary N) is 1.